The molecule has 0 aliphatic heterocycles. The van der Waals surface area contributed by atoms with E-state index in [9.17, 15) is 4.79 Å². The summed E-state index contributed by atoms with van der Waals surface area (Å²) in [6.45, 7) is 11.0. The number of carbonyl (C=O) groups excluding carboxylic acids is 1. The topological polar surface area (TPSA) is 54.0 Å². The highest BCUT2D eigenvalue weighted by molar-refractivity contribution is 5.88. The van der Waals surface area contributed by atoms with Crippen LogP contribution >= 0.6 is 0 Å². The first-order chi connectivity index (χ1) is 17.7. The van der Waals surface area contributed by atoms with E-state index in [-0.39, 0.29) is 5.97 Å². The number of carbonyl (C=O) groups is 1. The van der Waals surface area contributed by atoms with Crippen LogP contribution in [0.3, 0.4) is 0 Å². The summed E-state index contributed by atoms with van der Waals surface area (Å²) in [4.78, 5) is 12.3. The lowest BCUT2D eigenvalue weighted by Gasteiger charge is -2.18. The number of benzene rings is 1. The molecule has 0 fully saturated rings. The quantitative estimate of drug-likeness (QED) is 0.0846. The van der Waals surface area contributed by atoms with Gasteiger partial charge < -0.3 is 18.9 Å². The zero-order chi connectivity index (χ0) is 26.3. The van der Waals surface area contributed by atoms with Crippen molar-refractivity contribution in [3.05, 3.63) is 23.8 Å². The molecule has 1 rings (SSSR count). The minimum absolute atomic E-state index is 0.350. The molecule has 36 heavy (non-hydrogen) atoms. The van der Waals surface area contributed by atoms with Crippen LogP contribution in [0.5, 0.6) is 17.2 Å². The Labute approximate surface area is 220 Å². The molecule has 0 N–H and O–H groups in total. The summed E-state index contributed by atoms with van der Waals surface area (Å²) in [6, 6.07) is 3.88. The molecule has 0 amide bonds. The molecule has 0 radical (unpaired) electrons. The predicted molar refractivity (Wildman–Crippen MR) is 150 cm³/mol. The summed E-state index contributed by atoms with van der Waals surface area (Å²) in [7, 11) is 0. The molecule has 0 saturated heterocycles. The van der Waals surface area contributed by atoms with Crippen molar-refractivity contribution in [1.29, 1.82) is 0 Å². The van der Waals surface area contributed by atoms with Crippen molar-refractivity contribution < 1.29 is 23.7 Å². The van der Waals surface area contributed by atoms with Gasteiger partial charge in [-0.15, -0.1) is 0 Å². The predicted octanol–water partition coefficient (Wildman–Crippen LogP) is 8.92. The monoisotopic (exact) mass is 504 g/mol. The Bertz CT molecular complexity index is 713. The molecule has 5 nitrogen and oxygen atoms in total. The zero-order valence-corrected chi connectivity index (χ0v) is 23.6. The van der Waals surface area contributed by atoms with Gasteiger partial charge in [0, 0.05) is 6.08 Å². The lowest BCUT2D eigenvalue weighted by Crippen LogP contribution is -2.07. The van der Waals surface area contributed by atoms with Crippen molar-refractivity contribution in [3.63, 3.8) is 0 Å². The largest absolute Gasteiger partial charge is 0.493 e. The van der Waals surface area contributed by atoms with E-state index in [0.29, 0.717) is 43.7 Å². The van der Waals surface area contributed by atoms with Crippen LogP contribution in [-0.2, 0) is 9.53 Å². The SMILES string of the molecule is CCCCCCOc1ccc(OCCCCCC)c(OCCCCCC)c1C=CC(=O)OCCCC. The molecule has 0 bridgehead atoms. The third-order valence-corrected chi connectivity index (χ3v) is 6.00. The molecular weight excluding hydrogens is 452 g/mol. The smallest absolute Gasteiger partial charge is 0.330 e. The van der Waals surface area contributed by atoms with Gasteiger partial charge in [0.2, 0.25) is 0 Å². The van der Waals surface area contributed by atoms with Crippen LogP contribution in [0.2, 0.25) is 0 Å². The van der Waals surface area contributed by atoms with Gasteiger partial charge in [-0.3, -0.25) is 0 Å². The Morgan fingerprint density at radius 2 is 1.11 bits per heavy atom. The van der Waals surface area contributed by atoms with Gasteiger partial charge in [-0.2, -0.15) is 0 Å². The molecule has 0 spiro atoms. The molecule has 5 heteroatoms. The van der Waals surface area contributed by atoms with Gasteiger partial charge >= 0.3 is 5.97 Å². The molecule has 0 heterocycles. The van der Waals surface area contributed by atoms with Crippen molar-refractivity contribution in [2.24, 2.45) is 0 Å². The Morgan fingerprint density at radius 1 is 0.611 bits per heavy atom. The van der Waals surface area contributed by atoms with Crippen molar-refractivity contribution in [2.45, 2.75) is 118 Å². The average Bonchev–Trinajstić information content (AvgIpc) is 2.88. The van der Waals surface area contributed by atoms with Gasteiger partial charge in [-0.05, 0) is 43.9 Å². The second-order valence-corrected chi connectivity index (χ2v) is 9.39. The summed E-state index contributed by atoms with van der Waals surface area (Å²) in [5.41, 5.74) is 0.750. The van der Waals surface area contributed by atoms with E-state index in [0.717, 1.165) is 56.9 Å². The van der Waals surface area contributed by atoms with Crippen molar-refractivity contribution >= 4 is 12.0 Å². The number of unbranched alkanes of at least 4 members (excludes halogenated alkanes) is 10. The normalized spacial score (nSPS) is 11.1. The van der Waals surface area contributed by atoms with E-state index < -0.39 is 0 Å². The van der Waals surface area contributed by atoms with Gasteiger partial charge in [-0.1, -0.05) is 91.9 Å². The van der Waals surface area contributed by atoms with Crippen LogP contribution in [0, 0.1) is 0 Å². The van der Waals surface area contributed by atoms with E-state index in [1.165, 1.54) is 44.6 Å². The number of hydrogen-bond acceptors (Lipinski definition) is 5. The fourth-order valence-corrected chi connectivity index (χ4v) is 3.75. The lowest BCUT2D eigenvalue weighted by atomic mass is 10.1. The third-order valence-electron chi connectivity index (χ3n) is 6.00. The molecule has 0 aromatic heterocycles. The summed E-state index contributed by atoms with van der Waals surface area (Å²) in [5, 5.41) is 0. The maximum atomic E-state index is 12.3. The average molecular weight is 505 g/mol. The van der Waals surface area contributed by atoms with Crippen molar-refractivity contribution in [3.8, 4) is 17.2 Å². The Kier molecular flexibility index (Phi) is 19.5. The molecule has 0 atom stereocenters. The highest BCUT2D eigenvalue weighted by atomic mass is 16.5. The summed E-state index contributed by atoms with van der Waals surface area (Å²) < 4.78 is 24.0. The Balaban J connectivity index is 3.11. The Morgan fingerprint density at radius 3 is 1.67 bits per heavy atom. The number of esters is 1. The third kappa shape index (κ3) is 14.4. The van der Waals surface area contributed by atoms with E-state index in [1.54, 1.807) is 6.08 Å². The zero-order valence-electron chi connectivity index (χ0n) is 23.6. The van der Waals surface area contributed by atoms with Crippen LogP contribution in [-0.4, -0.2) is 32.4 Å². The number of hydrogen-bond donors (Lipinski definition) is 0. The first-order valence-corrected chi connectivity index (χ1v) is 14.6. The van der Waals surface area contributed by atoms with Crippen LogP contribution in [0.25, 0.3) is 6.08 Å². The number of rotatable bonds is 23. The van der Waals surface area contributed by atoms with E-state index in [1.807, 2.05) is 12.1 Å². The minimum Gasteiger partial charge on any atom is -0.493 e. The van der Waals surface area contributed by atoms with Crippen LogP contribution < -0.4 is 14.2 Å². The van der Waals surface area contributed by atoms with Crippen LogP contribution in [0.15, 0.2) is 18.2 Å². The molecule has 0 aliphatic rings. The highest BCUT2D eigenvalue weighted by Gasteiger charge is 2.16. The van der Waals surface area contributed by atoms with Crippen LogP contribution in [0.1, 0.15) is 123 Å². The van der Waals surface area contributed by atoms with Gasteiger partial charge in [0.1, 0.15) is 5.75 Å². The van der Waals surface area contributed by atoms with Crippen molar-refractivity contribution in [1.82, 2.24) is 0 Å². The van der Waals surface area contributed by atoms with E-state index in [4.69, 9.17) is 18.9 Å². The molecule has 0 saturated carbocycles. The first kappa shape index (κ1) is 31.9. The van der Waals surface area contributed by atoms with Gasteiger partial charge in [-0.25, -0.2) is 4.79 Å². The summed E-state index contributed by atoms with van der Waals surface area (Å²) in [6.07, 6.45) is 18.7. The molecule has 1 aromatic carbocycles. The van der Waals surface area contributed by atoms with Gasteiger partial charge in [0.05, 0.1) is 32.0 Å². The fraction of sp³-hybridized carbons (Fsp3) is 0.710. The van der Waals surface area contributed by atoms with Gasteiger partial charge in [0.25, 0.3) is 0 Å². The maximum Gasteiger partial charge on any atom is 0.330 e. The second kappa shape index (κ2) is 22.1. The Hall–Kier alpha value is -2.17. The van der Waals surface area contributed by atoms with Gasteiger partial charge in [0.15, 0.2) is 11.5 Å². The number of ether oxygens (including phenoxy) is 4. The molecular formula is C31H52O5. The summed E-state index contributed by atoms with van der Waals surface area (Å²) >= 11 is 0. The summed E-state index contributed by atoms with van der Waals surface area (Å²) in [5.74, 6) is 1.73. The fourth-order valence-electron chi connectivity index (χ4n) is 3.75. The van der Waals surface area contributed by atoms with Crippen molar-refractivity contribution in [2.75, 3.05) is 26.4 Å². The maximum absolute atomic E-state index is 12.3. The first-order valence-electron chi connectivity index (χ1n) is 14.6. The molecule has 206 valence electrons. The second-order valence-electron chi connectivity index (χ2n) is 9.39. The molecule has 1 aromatic rings. The van der Waals surface area contributed by atoms with E-state index in [2.05, 4.69) is 27.7 Å². The molecule has 0 unspecified atom stereocenters. The van der Waals surface area contributed by atoms with Crippen LogP contribution in [0.4, 0.5) is 0 Å². The molecule has 0 aliphatic carbocycles. The standard InChI is InChI=1S/C31H52O5/c1-5-9-13-16-24-33-28-20-21-29(34-25-17-14-10-6-2)31(36-26-18-15-11-7-3)27(28)19-22-30(32)35-23-12-8-4/h19-22H,5-18,23-26H2,1-4H3. The minimum atomic E-state index is -0.350. The van der Waals surface area contributed by atoms with E-state index >= 15 is 0 Å². The lowest BCUT2D eigenvalue weighted by molar-refractivity contribution is -0.137. The highest BCUT2D eigenvalue weighted by Crippen LogP contribution is 2.39.